The second kappa shape index (κ2) is 10.7. The number of pyridine rings is 1. The van der Waals surface area contributed by atoms with Crippen LogP contribution in [0.2, 0.25) is 0 Å². The third-order valence-corrected chi connectivity index (χ3v) is 6.79. The van der Waals surface area contributed by atoms with Crippen molar-refractivity contribution in [2.75, 3.05) is 26.2 Å². The summed E-state index contributed by atoms with van der Waals surface area (Å²) in [6, 6.07) is 21.5. The number of piperidine rings is 2. The van der Waals surface area contributed by atoms with Gasteiger partial charge in [-0.2, -0.15) is 0 Å². The number of para-hydroxylation sites is 2. The molecule has 2 aliphatic rings. The van der Waals surface area contributed by atoms with Crippen LogP contribution in [0.1, 0.15) is 36.0 Å². The molecule has 34 heavy (non-hydrogen) atoms. The summed E-state index contributed by atoms with van der Waals surface area (Å²) in [7, 11) is 0. The van der Waals surface area contributed by atoms with Crippen LogP contribution in [0.3, 0.4) is 0 Å². The fourth-order valence-corrected chi connectivity index (χ4v) is 4.92. The van der Waals surface area contributed by atoms with Crippen molar-refractivity contribution in [3.05, 3.63) is 84.7 Å². The lowest BCUT2D eigenvalue weighted by molar-refractivity contribution is 0.0424. The maximum atomic E-state index is 13.3. The Morgan fingerprint density at radius 2 is 1.44 bits per heavy atom. The predicted octanol–water partition coefficient (Wildman–Crippen LogP) is 5.02. The molecule has 176 valence electrons. The first-order chi connectivity index (χ1) is 16.8. The number of aromatic nitrogens is 1. The average Bonchev–Trinajstić information content (AvgIpc) is 2.90. The number of nitrogens with zero attached hydrogens (tertiary/aromatic N) is 3. The zero-order valence-electron chi connectivity index (χ0n) is 19.4. The number of ether oxygens (including phenoxy) is 2. The molecule has 0 atom stereocenters. The van der Waals surface area contributed by atoms with E-state index in [2.05, 4.69) is 9.88 Å². The van der Waals surface area contributed by atoms with Crippen LogP contribution >= 0.6 is 0 Å². The van der Waals surface area contributed by atoms with Gasteiger partial charge in [0.25, 0.3) is 5.91 Å². The highest BCUT2D eigenvalue weighted by Crippen LogP contribution is 2.28. The predicted molar refractivity (Wildman–Crippen MR) is 131 cm³/mol. The van der Waals surface area contributed by atoms with Crippen molar-refractivity contribution >= 4 is 5.91 Å². The Bertz CT molecular complexity index is 1060. The van der Waals surface area contributed by atoms with E-state index in [0.29, 0.717) is 17.4 Å². The van der Waals surface area contributed by atoms with E-state index in [1.807, 2.05) is 71.6 Å². The summed E-state index contributed by atoms with van der Waals surface area (Å²) in [5.41, 5.74) is 0.624. The summed E-state index contributed by atoms with van der Waals surface area (Å²) < 4.78 is 12.1. The largest absolute Gasteiger partial charge is 0.490 e. The number of hydrogen-bond donors (Lipinski definition) is 0. The van der Waals surface area contributed by atoms with Gasteiger partial charge in [0.15, 0.2) is 0 Å². The standard InChI is InChI=1S/C28H31N3O3/c32-28(26-8-4-5-9-27(26)34-23-6-2-1-3-7-23)31-18-12-22(13-19-31)30-20-14-25(15-21-30)33-24-10-16-29-17-11-24/h1-11,16-17,22,25H,12-15,18-21H2. The van der Waals surface area contributed by atoms with Gasteiger partial charge < -0.3 is 14.4 Å². The Hall–Kier alpha value is -3.38. The molecule has 0 bridgehead atoms. The molecule has 5 rings (SSSR count). The van der Waals surface area contributed by atoms with E-state index in [9.17, 15) is 4.79 Å². The maximum absolute atomic E-state index is 13.3. The van der Waals surface area contributed by atoms with Crippen molar-refractivity contribution in [3.8, 4) is 17.2 Å². The Balaban J connectivity index is 1.13. The zero-order valence-corrected chi connectivity index (χ0v) is 19.4. The Kier molecular flexibility index (Phi) is 7.05. The van der Waals surface area contributed by atoms with Gasteiger partial charge in [-0.15, -0.1) is 0 Å². The summed E-state index contributed by atoms with van der Waals surface area (Å²) in [4.78, 5) is 21.9. The molecular weight excluding hydrogens is 426 g/mol. The first-order valence-electron chi connectivity index (χ1n) is 12.2. The highest BCUT2D eigenvalue weighted by Gasteiger charge is 2.31. The molecular formula is C28H31N3O3. The number of amides is 1. The lowest BCUT2D eigenvalue weighted by atomic mass is 9.98. The van der Waals surface area contributed by atoms with Gasteiger partial charge in [-0.1, -0.05) is 30.3 Å². The van der Waals surface area contributed by atoms with Crippen LogP contribution in [0.15, 0.2) is 79.1 Å². The minimum atomic E-state index is 0.0504. The molecule has 0 unspecified atom stereocenters. The van der Waals surface area contributed by atoms with Gasteiger partial charge in [-0.05, 0) is 62.1 Å². The van der Waals surface area contributed by atoms with Crippen molar-refractivity contribution < 1.29 is 14.3 Å². The molecule has 3 aromatic rings. The second-order valence-electron chi connectivity index (χ2n) is 8.97. The van der Waals surface area contributed by atoms with Crippen molar-refractivity contribution in [2.24, 2.45) is 0 Å². The van der Waals surface area contributed by atoms with Crippen LogP contribution in [-0.2, 0) is 0 Å². The van der Waals surface area contributed by atoms with Crippen molar-refractivity contribution in [1.29, 1.82) is 0 Å². The second-order valence-corrected chi connectivity index (χ2v) is 8.97. The van der Waals surface area contributed by atoms with Crippen molar-refractivity contribution in [1.82, 2.24) is 14.8 Å². The number of benzene rings is 2. The lowest BCUT2D eigenvalue weighted by Crippen LogP contribution is -2.50. The van der Waals surface area contributed by atoms with Gasteiger partial charge in [0.1, 0.15) is 23.4 Å². The summed E-state index contributed by atoms with van der Waals surface area (Å²) >= 11 is 0. The van der Waals surface area contributed by atoms with E-state index in [0.717, 1.165) is 63.4 Å². The smallest absolute Gasteiger partial charge is 0.257 e. The molecule has 3 heterocycles. The molecule has 0 aliphatic carbocycles. The number of carbonyl (C=O) groups is 1. The van der Waals surface area contributed by atoms with Crippen molar-refractivity contribution in [2.45, 2.75) is 37.8 Å². The normalized spacial score (nSPS) is 17.9. The molecule has 1 aromatic heterocycles. The van der Waals surface area contributed by atoms with Gasteiger partial charge in [-0.3, -0.25) is 14.7 Å². The van der Waals surface area contributed by atoms with Crippen LogP contribution in [0.5, 0.6) is 17.2 Å². The molecule has 6 nitrogen and oxygen atoms in total. The van der Waals surface area contributed by atoms with E-state index in [4.69, 9.17) is 9.47 Å². The summed E-state index contributed by atoms with van der Waals surface area (Å²) in [5, 5.41) is 0. The molecule has 0 radical (unpaired) electrons. The van der Waals surface area contributed by atoms with Gasteiger partial charge >= 0.3 is 0 Å². The van der Waals surface area contributed by atoms with Crippen LogP contribution < -0.4 is 9.47 Å². The fourth-order valence-electron chi connectivity index (χ4n) is 4.92. The summed E-state index contributed by atoms with van der Waals surface area (Å²) in [5.74, 6) is 2.29. The summed E-state index contributed by atoms with van der Waals surface area (Å²) in [6.45, 7) is 3.64. The highest BCUT2D eigenvalue weighted by molar-refractivity contribution is 5.97. The Morgan fingerprint density at radius 3 is 2.18 bits per heavy atom. The first kappa shape index (κ1) is 22.4. The van der Waals surface area contributed by atoms with Gasteiger partial charge in [-0.25, -0.2) is 0 Å². The van der Waals surface area contributed by atoms with E-state index >= 15 is 0 Å². The quantitative estimate of drug-likeness (QED) is 0.520. The minimum Gasteiger partial charge on any atom is -0.490 e. The van der Waals surface area contributed by atoms with E-state index in [-0.39, 0.29) is 12.0 Å². The van der Waals surface area contributed by atoms with Crippen LogP contribution in [0, 0.1) is 0 Å². The lowest BCUT2D eigenvalue weighted by Gasteiger charge is -2.41. The van der Waals surface area contributed by atoms with Crippen LogP contribution in [0.25, 0.3) is 0 Å². The SMILES string of the molecule is O=C(c1ccccc1Oc1ccccc1)N1CCC(N2CCC(Oc3ccncc3)CC2)CC1. The Labute approximate surface area is 201 Å². The highest BCUT2D eigenvalue weighted by atomic mass is 16.5. The molecule has 0 spiro atoms. The number of likely N-dealkylation sites (tertiary alicyclic amines) is 2. The Morgan fingerprint density at radius 1 is 0.765 bits per heavy atom. The molecule has 2 fully saturated rings. The van der Waals surface area contributed by atoms with E-state index in [1.54, 1.807) is 12.4 Å². The maximum Gasteiger partial charge on any atom is 0.257 e. The first-order valence-corrected chi connectivity index (χ1v) is 12.2. The van der Waals surface area contributed by atoms with Gasteiger partial charge in [0.2, 0.25) is 0 Å². The molecule has 2 aromatic carbocycles. The van der Waals surface area contributed by atoms with Gasteiger partial charge in [0.05, 0.1) is 5.56 Å². The molecule has 0 saturated carbocycles. The van der Waals surface area contributed by atoms with Crippen LogP contribution in [-0.4, -0.2) is 59.0 Å². The van der Waals surface area contributed by atoms with E-state index in [1.165, 1.54) is 0 Å². The van der Waals surface area contributed by atoms with Crippen molar-refractivity contribution in [3.63, 3.8) is 0 Å². The zero-order chi connectivity index (χ0) is 23.2. The average molecular weight is 458 g/mol. The monoisotopic (exact) mass is 457 g/mol. The molecule has 2 saturated heterocycles. The minimum absolute atomic E-state index is 0.0504. The fraction of sp³-hybridized carbons (Fsp3) is 0.357. The summed E-state index contributed by atoms with van der Waals surface area (Å²) in [6.07, 6.45) is 7.88. The van der Waals surface area contributed by atoms with Gasteiger partial charge in [0, 0.05) is 44.6 Å². The third kappa shape index (κ3) is 5.39. The molecule has 2 aliphatic heterocycles. The number of hydrogen-bond acceptors (Lipinski definition) is 5. The third-order valence-electron chi connectivity index (χ3n) is 6.79. The van der Waals surface area contributed by atoms with E-state index < -0.39 is 0 Å². The number of rotatable bonds is 6. The molecule has 0 N–H and O–H groups in total. The molecule has 6 heteroatoms. The molecule has 1 amide bonds. The van der Waals surface area contributed by atoms with Crippen LogP contribution in [0.4, 0.5) is 0 Å². The number of carbonyl (C=O) groups excluding carboxylic acids is 1. The topological polar surface area (TPSA) is 54.9 Å².